The lowest BCUT2D eigenvalue weighted by Crippen LogP contribution is -2.28. The molecule has 2 aromatic rings. The van der Waals surface area contributed by atoms with Crippen molar-refractivity contribution in [1.29, 1.82) is 0 Å². The van der Waals surface area contributed by atoms with Gasteiger partial charge >= 0.3 is 0 Å². The summed E-state index contributed by atoms with van der Waals surface area (Å²) in [7, 11) is 3.83. The molecule has 2 aliphatic rings. The third-order valence-electron chi connectivity index (χ3n) is 5.75. The topological polar surface area (TPSA) is 52.4 Å². The Bertz CT molecular complexity index is 817. The van der Waals surface area contributed by atoms with Crippen molar-refractivity contribution in [1.82, 2.24) is 19.7 Å². The highest BCUT2D eigenvalue weighted by atomic mass is 35.5. The zero-order valence-corrected chi connectivity index (χ0v) is 17.7. The Morgan fingerprint density at radius 1 is 1.18 bits per heavy atom. The molecule has 0 radical (unpaired) electrons. The van der Waals surface area contributed by atoms with Crippen LogP contribution in [0.5, 0.6) is 0 Å². The van der Waals surface area contributed by atoms with E-state index in [4.69, 9.17) is 21.1 Å². The standard InChI is InChI=1S/C21H29ClN4O2/c1-14(13-27-3)28-18-7-4-15(5-8-18)21-24-23-20-12-25(2)11-16-10-17(22)6-9-19(16)26(20)21/h6,9-10,14-15,18H,4-5,7-8,11-13H2,1-3H3/t14?,15-,18-. The molecule has 0 bridgehead atoms. The van der Waals surface area contributed by atoms with Crippen molar-refractivity contribution in [2.45, 2.75) is 63.8 Å². The molecule has 1 aliphatic carbocycles. The first-order valence-electron chi connectivity index (χ1n) is 10.1. The van der Waals surface area contributed by atoms with Crippen molar-refractivity contribution in [3.8, 4) is 5.69 Å². The maximum Gasteiger partial charge on any atom is 0.151 e. The van der Waals surface area contributed by atoms with E-state index in [-0.39, 0.29) is 6.10 Å². The third-order valence-corrected chi connectivity index (χ3v) is 5.99. The van der Waals surface area contributed by atoms with E-state index < -0.39 is 0 Å². The quantitative estimate of drug-likeness (QED) is 0.755. The summed E-state index contributed by atoms with van der Waals surface area (Å²) in [6.07, 6.45) is 4.69. The van der Waals surface area contributed by atoms with Crippen molar-refractivity contribution in [3.63, 3.8) is 0 Å². The fraction of sp³-hybridized carbons (Fsp3) is 0.619. The number of hydrogen-bond donors (Lipinski definition) is 0. The smallest absolute Gasteiger partial charge is 0.151 e. The van der Waals surface area contributed by atoms with E-state index in [9.17, 15) is 0 Å². The first-order valence-corrected chi connectivity index (χ1v) is 10.5. The molecular formula is C21H29ClN4O2. The fourth-order valence-electron chi connectivity index (χ4n) is 4.51. The predicted octanol–water partition coefficient (Wildman–Crippen LogP) is 3.94. The Kier molecular flexibility index (Phi) is 6.01. The minimum Gasteiger partial charge on any atom is -0.382 e. The highest BCUT2D eigenvalue weighted by Crippen LogP contribution is 2.36. The van der Waals surface area contributed by atoms with Gasteiger partial charge in [0, 0.05) is 24.6 Å². The molecule has 1 aromatic heterocycles. The number of rotatable bonds is 5. The van der Waals surface area contributed by atoms with Crippen LogP contribution in [0.25, 0.3) is 5.69 Å². The summed E-state index contributed by atoms with van der Waals surface area (Å²) in [4.78, 5) is 2.26. The van der Waals surface area contributed by atoms with E-state index in [1.807, 2.05) is 6.07 Å². The van der Waals surface area contributed by atoms with Gasteiger partial charge < -0.3 is 9.47 Å². The second kappa shape index (κ2) is 8.49. The molecule has 152 valence electrons. The van der Waals surface area contributed by atoms with Crippen LogP contribution in [0.4, 0.5) is 0 Å². The second-order valence-electron chi connectivity index (χ2n) is 8.13. The summed E-state index contributed by atoms with van der Waals surface area (Å²) >= 11 is 6.27. The van der Waals surface area contributed by atoms with Gasteiger partial charge in [0.25, 0.3) is 0 Å². The van der Waals surface area contributed by atoms with Gasteiger partial charge in [0.15, 0.2) is 5.82 Å². The number of ether oxygens (including phenoxy) is 2. The Morgan fingerprint density at radius 3 is 2.71 bits per heavy atom. The van der Waals surface area contributed by atoms with Crippen molar-refractivity contribution in [2.24, 2.45) is 0 Å². The molecular weight excluding hydrogens is 376 g/mol. The average molecular weight is 405 g/mol. The van der Waals surface area contributed by atoms with Gasteiger partial charge in [-0.2, -0.15) is 0 Å². The van der Waals surface area contributed by atoms with Crippen LogP contribution in [0.2, 0.25) is 5.02 Å². The van der Waals surface area contributed by atoms with Gasteiger partial charge in [0.05, 0.1) is 31.0 Å². The number of halogens is 1. The SMILES string of the molecule is COCC(C)O[C@H]1CC[C@H](c2nnc3n2-c2ccc(Cl)cc2CN(C)C3)CC1. The van der Waals surface area contributed by atoms with E-state index in [1.165, 1.54) is 5.56 Å². The molecule has 6 nitrogen and oxygen atoms in total. The molecule has 28 heavy (non-hydrogen) atoms. The molecule has 0 saturated heterocycles. The average Bonchev–Trinajstić information content (AvgIpc) is 3.00. The van der Waals surface area contributed by atoms with Crippen LogP contribution in [0.15, 0.2) is 18.2 Å². The molecule has 2 heterocycles. The molecule has 7 heteroatoms. The molecule has 1 saturated carbocycles. The zero-order chi connectivity index (χ0) is 19.7. The van der Waals surface area contributed by atoms with Gasteiger partial charge in [-0.1, -0.05) is 11.6 Å². The maximum absolute atomic E-state index is 6.27. The number of aromatic nitrogens is 3. The first kappa shape index (κ1) is 19.8. The Hall–Kier alpha value is -1.47. The summed E-state index contributed by atoms with van der Waals surface area (Å²) in [5.74, 6) is 2.49. The van der Waals surface area contributed by atoms with Crippen LogP contribution in [-0.2, 0) is 22.6 Å². The van der Waals surface area contributed by atoms with Crippen LogP contribution in [0.3, 0.4) is 0 Å². The summed E-state index contributed by atoms with van der Waals surface area (Å²) in [5, 5.41) is 9.94. The van der Waals surface area contributed by atoms with Crippen molar-refractivity contribution < 1.29 is 9.47 Å². The number of fused-ring (bicyclic) bond motifs is 3. The van der Waals surface area contributed by atoms with Crippen molar-refractivity contribution >= 4 is 11.6 Å². The summed E-state index contributed by atoms with van der Waals surface area (Å²) in [5.41, 5.74) is 2.39. The highest BCUT2D eigenvalue weighted by molar-refractivity contribution is 6.30. The molecule has 1 aromatic carbocycles. The van der Waals surface area contributed by atoms with Gasteiger partial charge in [0.1, 0.15) is 5.82 Å². The summed E-state index contributed by atoms with van der Waals surface area (Å²) < 4.78 is 13.6. The molecule has 1 unspecified atom stereocenters. The summed E-state index contributed by atoms with van der Waals surface area (Å²) in [6, 6.07) is 6.13. The zero-order valence-electron chi connectivity index (χ0n) is 16.9. The van der Waals surface area contributed by atoms with Crippen molar-refractivity contribution in [2.75, 3.05) is 20.8 Å². The van der Waals surface area contributed by atoms with E-state index in [2.05, 4.69) is 45.8 Å². The van der Waals surface area contributed by atoms with E-state index >= 15 is 0 Å². The van der Waals surface area contributed by atoms with Gasteiger partial charge in [-0.05, 0) is 63.4 Å². The molecule has 0 spiro atoms. The first-order chi connectivity index (χ1) is 13.5. The predicted molar refractivity (Wildman–Crippen MR) is 109 cm³/mol. The lowest BCUT2D eigenvalue weighted by Gasteiger charge is -2.30. The lowest BCUT2D eigenvalue weighted by atomic mass is 9.86. The number of hydrogen-bond acceptors (Lipinski definition) is 5. The van der Waals surface area contributed by atoms with E-state index in [1.54, 1.807) is 7.11 Å². The van der Waals surface area contributed by atoms with Gasteiger partial charge in [-0.25, -0.2) is 0 Å². The van der Waals surface area contributed by atoms with Gasteiger partial charge in [0.2, 0.25) is 0 Å². The monoisotopic (exact) mass is 404 g/mol. The molecule has 4 rings (SSSR count). The Balaban J connectivity index is 1.55. The largest absolute Gasteiger partial charge is 0.382 e. The van der Waals surface area contributed by atoms with E-state index in [0.29, 0.717) is 18.6 Å². The molecule has 1 aliphatic heterocycles. The van der Waals surface area contributed by atoms with Crippen molar-refractivity contribution in [3.05, 3.63) is 40.4 Å². The third kappa shape index (κ3) is 4.10. The number of benzene rings is 1. The lowest BCUT2D eigenvalue weighted by molar-refractivity contribution is -0.0538. The molecule has 1 fully saturated rings. The Labute approximate surface area is 171 Å². The molecule has 0 amide bonds. The van der Waals surface area contributed by atoms with Crippen LogP contribution in [0, 0.1) is 0 Å². The molecule has 0 N–H and O–H groups in total. The van der Waals surface area contributed by atoms with Crippen LogP contribution in [0.1, 0.15) is 55.7 Å². The highest BCUT2D eigenvalue weighted by Gasteiger charge is 2.30. The normalized spacial score (nSPS) is 23.7. The van der Waals surface area contributed by atoms with E-state index in [0.717, 1.165) is 61.1 Å². The fourth-order valence-corrected chi connectivity index (χ4v) is 4.70. The summed E-state index contributed by atoms with van der Waals surface area (Å²) in [6.45, 7) is 4.36. The number of methoxy groups -OCH3 is 1. The van der Waals surface area contributed by atoms with Gasteiger partial charge in [-0.3, -0.25) is 9.47 Å². The van der Waals surface area contributed by atoms with Crippen LogP contribution < -0.4 is 0 Å². The second-order valence-corrected chi connectivity index (χ2v) is 8.57. The van der Waals surface area contributed by atoms with Crippen LogP contribution >= 0.6 is 11.6 Å². The Morgan fingerprint density at radius 2 is 1.96 bits per heavy atom. The minimum atomic E-state index is 0.142. The maximum atomic E-state index is 6.27. The van der Waals surface area contributed by atoms with Gasteiger partial charge in [-0.15, -0.1) is 10.2 Å². The molecule has 1 atom stereocenters. The number of nitrogens with zero attached hydrogens (tertiary/aromatic N) is 4. The van der Waals surface area contributed by atoms with Crippen LogP contribution in [-0.4, -0.2) is 52.6 Å². The minimum absolute atomic E-state index is 0.142.